The predicted molar refractivity (Wildman–Crippen MR) is 89.2 cm³/mol. The van der Waals surface area contributed by atoms with Crippen LogP contribution in [-0.2, 0) is 0 Å². The zero-order chi connectivity index (χ0) is 15.2. The second kappa shape index (κ2) is 6.78. The number of benzene rings is 2. The third kappa shape index (κ3) is 3.27. The molecule has 0 aliphatic carbocycles. The van der Waals surface area contributed by atoms with Crippen molar-refractivity contribution in [2.75, 3.05) is 0 Å². The average Bonchev–Trinajstić information content (AvgIpc) is 2.62. The molecule has 1 aromatic heterocycles. The van der Waals surface area contributed by atoms with Gasteiger partial charge < -0.3 is 5.02 Å². The smallest absolute Gasteiger partial charge is 0.307 e. The Morgan fingerprint density at radius 1 is 0.818 bits per heavy atom. The highest BCUT2D eigenvalue weighted by Gasteiger charge is 2.07. The van der Waals surface area contributed by atoms with E-state index in [0.29, 0.717) is 11.4 Å². The van der Waals surface area contributed by atoms with E-state index in [1.165, 1.54) is 0 Å². The first-order chi connectivity index (χ1) is 10.9. The molecule has 0 amide bonds. The fourth-order valence-electron chi connectivity index (χ4n) is 2.08. The number of aliphatic imine (C=N–C) groups is 1. The van der Waals surface area contributed by atoms with Gasteiger partial charge in [-0.1, -0.05) is 60.7 Å². The highest BCUT2D eigenvalue weighted by molar-refractivity contribution is 6.45. The molecule has 0 radical (unpaired) electrons. The maximum Gasteiger partial charge on any atom is 0.307 e. The summed E-state index contributed by atoms with van der Waals surface area (Å²) in [5, 5.41) is 9.05. The molecule has 3 rings (SSSR count). The van der Waals surface area contributed by atoms with Gasteiger partial charge in [0.2, 0.25) is 5.95 Å². The molecule has 0 saturated heterocycles. The Bertz CT molecular complexity index is 717. The molecule has 2 aromatic carbocycles. The molecule has 5 heteroatoms. The Morgan fingerprint density at radius 2 is 1.32 bits per heavy atom. The largest absolute Gasteiger partial charge is 0.449 e. The fourth-order valence-corrected chi connectivity index (χ4v) is 2.08. The number of rotatable bonds is 4. The van der Waals surface area contributed by atoms with Crippen molar-refractivity contribution in [2.24, 2.45) is 4.99 Å². The van der Waals surface area contributed by atoms with Gasteiger partial charge in [0.25, 0.3) is 0 Å². The molecular formula is C17H14BN3O. The van der Waals surface area contributed by atoms with E-state index in [1.807, 2.05) is 60.7 Å². The fraction of sp³-hybridized carbons (Fsp3) is 0. The van der Waals surface area contributed by atoms with E-state index < -0.39 is 0 Å². The minimum atomic E-state index is -0.0752. The molecule has 0 spiro atoms. The van der Waals surface area contributed by atoms with Crippen LogP contribution >= 0.6 is 0 Å². The van der Waals surface area contributed by atoms with Crippen molar-refractivity contribution in [3.8, 4) is 0 Å². The van der Waals surface area contributed by atoms with Crippen LogP contribution in [0.1, 0.15) is 11.1 Å². The van der Waals surface area contributed by atoms with Gasteiger partial charge in [-0.2, -0.15) is 0 Å². The molecule has 0 unspecified atom stereocenters. The van der Waals surface area contributed by atoms with Crippen molar-refractivity contribution >= 4 is 24.6 Å². The SMILES string of the molecule is OBc1cnc(N=C(c2ccccc2)c2ccccc2)nc1. The minimum Gasteiger partial charge on any atom is -0.449 e. The lowest BCUT2D eigenvalue weighted by atomic mass is 9.92. The van der Waals surface area contributed by atoms with Crippen LogP contribution in [0, 0.1) is 0 Å². The topological polar surface area (TPSA) is 58.4 Å². The van der Waals surface area contributed by atoms with Crippen LogP contribution in [0.3, 0.4) is 0 Å². The zero-order valence-corrected chi connectivity index (χ0v) is 11.9. The summed E-state index contributed by atoms with van der Waals surface area (Å²) in [5.41, 5.74) is 3.49. The van der Waals surface area contributed by atoms with Gasteiger partial charge in [-0.3, -0.25) is 0 Å². The Morgan fingerprint density at radius 3 is 1.77 bits per heavy atom. The summed E-state index contributed by atoms with van der Waals surface area (Å²) in [6, 6.07) is 19.9. The lowest BCUT2D eigenvalue weighted by molar-refractivity contribution is 0.615. The second-order valence-electron chi connectivity index (χ2n) is 4.74. The van der Waals surface area contributed by atoms with Gasteiger partial charge in [-0.05, 0) is 5.46 Å². The summed E-state index contributed by atoms with van der Waals surface area (Å²) >= 11 is 0. The van der Waals surface area contributed by atoms with E-state index >= 15 is 0 Å². The molecule has 22 heavy (non-hydrogen) atoms. The highest BCUT2D eigenvalue weighted by Crippen LogP contribution is 2.14. The van der Waals surface area contributed by atoms with E-state index in [1.54, 1.807) is 12.4 Å². The Kier molecular flexibility index (Phi) is 4.37. The normalized spacial score (nSPS) is 10.0. The Labute approximate surface area is 129 Å². The van der Waals surface area contributed by atoms with E-state index in [2.05, 4.69) is 15.0 Å². The van der Waals surface area contributed by atoms with Crippen LogP contribution in [0.25, 0.3) is 0 Å². The van der Waals surface area contributed by atoms with Crippen LogP contribution < -0.4 is 5.46 Å². The van der Waals surface area contributed by atoms with Crippen molar-refractivity contribution in [1.82, 2.24) is 9.97 Å². The first-order valence-corrected chi connectivity index (χ1v) is 6.98. The van der Waals surface area contributed by atoms with Gasteiger partial charge in [0.1, 0.15) is 0 Å². The van der Waals surface area contributed by atoms with Crippen LogP contribution in [0.2, 0.25) is 0 Å². The summed E-state index contributed by atoms with van der Waals surface area (Å²) in [7, 11) is -0.0752. The quantitative estimate of drug-likeness (QED) is 0.586. The molecule has 3 aromatic rings. The van der Waals surface area contributed by atoms with E-state index in [4.69, 9.17) is 5.02 Å². The molecule has 106 valence electrons. The van der Waals surface area contributed by atoms with Gasteiger partial charge >= 0.3 is 7.48 Å². The molecule has 1 heterocycles. The van der Waals surface area contributed by atoms with E-state index in [0.717, 1.165) is 16.8 Å². The Balaban J connectivity index is 2.06. The van der Waals surface area contributed by atoms with Crippen molar-refractivity contribution in [3.63, 3.8) is 0 Å². The van der Waals surface area contributed by atoms with Crippen molar-refractivity contribution in [2.45, 2.75) is 0 Å². The third-order valence-corrected chi connectivity index (χ3v) is 3.18. The molecule has 4 nitrogen and oxygen atoms in total. The number of hydrogen-bond acceptors (Lipinski definition) is 4. The maximum absolute atomic E-state index is 9.05. The van der Waals surface area contributed by atoms with Gasteiger partial charge in [0.15, 0.2) is 0 Å². The van der Waals surface area contributed by atoms with Gasteiger partial charge in [-0.15, -0.1) is 0 Å². The van der Waals surface area contributed by atoms with Gasteiger partial charge in [0.05, 0.1) is 5.71 Å². The third-order valence-electron chi connectivity index (χ3n) is 3.18. The molecule has 0 aliphatic rings. The summed E-state index contributed by atoms with van der Waals surface area (Å²) < 4.78 is 0. The minimum absolute atomic E-state index is 0.0752. The van der Waals surface area contributed by atoms with E-state index in [9.17, 15) is 0 Å². The van der Waals surface area contributed by atoms with E-state index in [-0.39, 0.29) is 7.48 Å². The monoisotopic (exact) mass is 287 g/mol. The lowest BCUT2D eigenvalue weighted by Crippen LogP contribution is -2.14. The van der Waals surface area contributed by atoms with Gasteiger partial charge in [-0.25, -0.2) is 15.0 Å². The Hall–Kier alpha value is -2.79. The summed E-state index contributed by atoms with van der Waals surface area (Å²) in [4.78, 5) is 13.0. The maximum atomic E-state index is 9.05. The van der Waals surface area contributed by atoms with Crippen molar-refractivity contribution < 1.29 is 5.02 Å². The zero-order valence-electron chi connectivity index (χ0n) is 11.9. The van der Waals surface area contributed by atoms with Crippen molar-refractivity contribution in [1.29, 1.82) is 0 Å². The van der Waals surface area contributed by atoms with Crippen LogP contribution in [0.4, 0.5) is 5.95 Å². The lowest BCUT2D eigenvalue weighted by Gasteiger charge is -2.07. The number of aromatic nitrogens is 2. The standard InChI is InChI=1S/C17H14BN3O/c22-18-15-11-19-17(20-12-15)21-16(13-7-3-1-4-8-13)14-9-5-2-6-10-14/h1-12,18,22H. The van der Waals surface area contributed by atoms with Crippen molar-refractivity contribution in [3.05, 3.63) is 84.2 Å². The van der Waals surface area contributed by atoms with Gasteiger partial charge in [0, 0.05) is 23.5 Å². The average molecular weight is 287 g/mol. The molecular weight excluding hydrogens is 273 g/mol. The predicted octanol–water partition coefficient (Wildman–Crippen LogP) is 1.61. The molecule has 1 N–H and O–H groups in total. The number of hydrogen-bond donors (Lipinski definition) is 1. The van der Waals surface area contributed by atoms with Crippen LogP contribution in [0.5, 0.6) is 0 Å². The molecule has 0 saturated carbocycles. The second-order valence-corrected chi connectivity index (χ2v) is 4.74. The molecule has 0 bridgehead atoms. The first kappa shape index (κ1) is 14.2. The van der Waals surface area contributed by atoms with Crippen LogP contribution in [-0.4, -0.2) is 28.2 Å². The first-order valence-electron chi connectivity index (χ1n) is 6.98. The summed E-state index contributed by atoms with van der Waals surface area (Å²) in [5.74, 6) is 0.375. The number of nitrogens with zero attached hydrogens (tertiary/aromatic N) is 3. The summed E-state index contributed by atoms with van der Waals surface area (Å²) in [6.45, 7) is 0. The highest BCUT2D eigenvalue weighted by atomic mass is 16.2. The molecule has 0 atom stereocenters. The molecule has 0 aliphatic heterocycles. The summed E-state index contributed by atoms with van der Waals surface area (Å²) in [6.07, 6.45) is 3.17. The molecule has 0 fully saturated rings. The van der Waals surface area contributed by atoms with Crippen LogP contribution in [0.15, 0.2) is 78.0 Å².